The number of hydrogen-bond acceptors (Lipinski definition) is 3. The summed E-state index contributed by atoms with van der Waals surface area (Å²) in [4.78, 5) is 18.4. The zero-order chi connectivity index (χ0) is 15.4. The molecule has 2 heterocycles. The summed E-state index contributed by atoms with van der Waals surface area (Å²) in [6.45, 7) is 3.84. The number of benzene rings is 1. The van der Waals surface area contributed by atoms with Crippen LogP contribution < -0.4 is 5.32 Å². The van der Waals surface area contributed by atoms with Gasteiger partial charge in [-0.3, -0.25) is 4.79 Å². The maximum Gasteiger partial charge on any atom is 0.272 e. The summed E-state index contributed by atoms with van der Waals surface area (Å²) in [6, 6.07) is 12.0. The van der Waals surface area contributed by atoms with Gasteiger partial charge in [0.25, 0.3) is 5.91 Å². The van der Waals surface area contributed by atoms with Crippen molar-refractivity contribution in [3.8, 4) is 0 Å². The highest BCUT2D eigenvalue weighted by atomic mass is 16.2. The number of aromatic nitrogens is 1. The molecule has 0 radical (unpaired) electrons. The Kier molecular flexibility index (Phi) is 4.37. The number of nitrogens with zero attached hydrogens (tertiary/aromatic N) is 2. The van der Waals surface area contributed by atoms with Crippen LogP contribution in [-0.4, -0.2) is 28.9 Å². The maximum absolute atomic E-state index is 12.2. The van der Waals surface area contributed by atoms with Gasteiger partial charge in [-0.2, -0.15) is 0 Å². The van der Waals surface area contributed by atoms with Crippen molar-refractivity contribution in [3.05, 3.63) is 53.9 Å². The summed E-state index contributed by atoms with van der Waals surface area (Å²) in [7, 11) is 0. The molecule has 1 aliphatic rings. The van der Waals surface area contributed by atoms with Gasteiger partial charge >= 0.3 is 0 Å². The number of hydrogen-bond donors (Lipinski definition) is 1. The molecule has 1 aromatic carbocycles. The zero-order valence-electron chi connectivity index (χ0n) is 12.9. The van der Waals surface area contributed by atoms with E-state index in [0.29, 0.717) is 5.69 Å². The fourth-order valence-corrected chi connectivity index (χ4v) is 2.67. The smallest absolute Gasteiger partial charge is 0.272 e. The van der Waals surface area contributed by atoms with Crippen molar-refractivity contribution in [2.75, 3.05) is 18.4 Å². The number of likely N-dealkylation sites (tertiary alicyclic amines) is 1. The lowest BCUT2D eigenvalue weighted by Crippen LogP contribution is -2.28. The van der Waals surface area contributed by atoms with Crippen molar-refractivity contribution in [3.63, 3.8) is 0 Å². The van der Waals surface area contributed by atoms with Crippen LogP contribution in [0.5, 0.6) is 0 Å². The van der Waals surface area contributed by atoms with Crippen LogP contribution in [0.3, 0.4) is 0 Å². The molecular weight excluding hydrogens is 274 g/mol. The standard InChI is InChI=1S/C18H21N3O/c1-2-14-5-7-15(8-6-14)20-16-9-10-17(19-13-16)18(22)21-11-3-4-12-21/h5-10,13,20H,2-4,11-12H2,1H3. The van der Waals surface area contributed by atoms with Crippen LogP contribution in [0.1, 0.15) is 35.8 Å². The minimum Gasteiger partial charge on any atom is -0.354 e. The molecule has 0 spiro atoms. The van der Waals surface area contributed by atoms with Crippen LogP contribution >= 0.6 is 0 Å². The number of nitrogens with one attached hydrogen (secondary N) is 1. The molecule has 1 aliphatic heterocycles. The van der Waals surface area contributed by atoms with Crippen LogP contribution in [0.2, 0.25) is 0 Å². The van der Waals surface area contributed by atoms with E-state index < -0.39 is 0 Å². The molecule has 0 bridgehead atoms. The number of rotatable bonds is 4. The van der Waals surface area contributed by atoms with Gasteiger partial charge < -0.3 is 10.2 Å². The van der Waals surface area contributed by atoms with E-state index in [2.05, 4.69) is 41.5 Å². The highest BCUT2D eigenvalue weighted by molar-refractivity contribution is 5.92. The van der Waals surface area contributed by atoms with E-state index >= 15 is 0 Å². The third-order valence-corrected chi connectivity index (χ3v) is 4.03. The van der Waals surface area contributed by atoms with E-state index in [1.54, 1.807) is 12.3 Å². The van der Waals surface area contributed by atoms with Crippen molar-refractivity contribution in [2.45, 2.75) is 26.2 Å². The summed E-state index contributed by atoms with van der Waals surface area (Å²) >= 11 is 0. The number of pyridine rings is 1. The number of carbonyl (C=O) groups is 1. The number of carbonyl (C=O) groups excluding carboxylic acids is 1. The zero-order valence-corrected chi connectivity index (χ0v) is 12.9. The predicted octanol–water partition coefficient (Wildman–Crippen LogP) is 3.62. The maximum atomic E-state index is 12.2. The molecule has 22 heavy (non-hydrogen) atoms. The van der Waals surface area contributed by atoms with Gasteiger partial charge in [0.1, 0.15) is 5.69 Å². The van der Waals surface area contributed by atoms with E-state index in [-0.39, 0.29) is 5.91 Å². The van der Waals surface area contributed by atoms with Gasteiger partial charge in [0.2, 0.25) is 0 Å². The molecule has 0 saturated carbocycles. The van der Waals surface area contributed by atoms with Crippen LogP contribution in [0, 0.1) is 0 Å². The second-order valence-corrected chi connectivity index (χ2v) is 5.61. The largest absolute Gasteiger partial charge is 0.354 e. The molecule has 0 atom stereocenters. The Labute approximate surface area is 131 Å². The molecule has 1 fully saturated rings. The Morgan fingerprint density at radius 3 is 2.36 bits per heavy atom. The van der Waals surface area contributed by atoms with Crippen LogP contribution in [-0.2, 0) is 6.42 Å². The lowest BCUT2D eigenvalue weighted by atomic mass is 10.1. The summed E-state index contributed by atoms with van der Waals surface area (Å²) in [5.41, 5.74) is 3.75. The lowest BCUT2D eigenvalue weighted by Gasteiger charge is -2.14. The fraction of sp³-hybridized carbons (Fsp3) is 0.333. The molecule has 2 aromatic rings. The molecule has 0 aliphatic carbocycles. The van der Waals surface area contributed by atoms with Crippen LogP contribution in [0.15, 0.2) is 42.6 Å². The molecule has 3 rings (SSSR count). The molecule has 114 valence electrons. The van der Waals surface area contributed by atoms with Gasteiger partial charge in [0, 0.05) is 18.8 Å². The quantitative estimate of drug-likeness (QED) is 0.937. The Hall–Kier alpha value is -2.36. The monoisotopic (exact) mass is 295 g/mol. The first-order chi connectivity index (χ1) is 10.8. The Bertz CT molecular complexity index is 628. The summed E-state index contributed by atoms with van der Waals surface area (Å²) < 4.78 is 0. The average Bonchev–Trinajstić information content (AvgIpc) is 3.10. The van der Waals surface area contributed by atoms with Crippen LogP contribution in [0.25, 0.3) is 0 Å². The number of amides is 1. The normalized spacial score (nSPS) is 14.1. The Morgan fingerprint density at radius 2 is 1.77 bits per heavy atom. The van der Waals surface area contributed by atoms with E-state index in [9.17, 15) is 4.79 Å². The molecule has 4 nitrogen and oxygen atoms in total. The predicted molar refractivity (Wildman–Crippen MR) is 88.5 cm³/mol. The molecule has 1 saturated heterocycles. The summed E-state index contributed by atoms with van der Waals surface area (Å²) in [5, 5.41) is 3.30. The second-order valence-electron chi connectivity index (χ2n) is 5.61. The van der Waals surface area contributed by atoms with Crippen molar-refractivity contribution < 1.29 is 4.79 Å². The minimum atomic E-state index is 0.0383. The SMILES string of the molecule is CCc1ccc(Nc2ccc(C(=O)N3CCCC3)nc2)cc1. The minimum absolute atomic E-state index is 0.0383. The van der Waals surface area contributed by atoms with E-state index in [1.165, 1.54) is 5.56 Å². The number of anilines is 2. The second kappa shape index (κ2) is 6.60. The average molecular weight is 295 g/mol. The summed E-state index contributed by atoms with van der Waals surface area (Å²) in [5.74, 6) is 0.0383. The Balaban J connectivity index is 1.66. The van der Waals surface area contributed by atoms with Gasteiger partial charge in [0.15, 0.2) is 0 Å². The molecule has 0 unspecified atom stereocenters. The van der Waals surface area contributed by atoms with Gasteiger partial charge in [-0.05, 0) is 49.1 Å². The van der Waals surface area contributed by atoms with Crippen molar-refractivity contribution in [1.82, 2.24) is 9.88 Å². The molecule has 1 aromatic heterocycles. The fourth-order valence-electron chi connectivity index (χ4n) is 2.67. The van der Waals surface area contributed by atoms with Gasteiger partial charge in [0.05, 0.1) is 11.9 Å². The first-order valence-electron chi connectivity index (χ1n) is 7.87. The highest BCUT2D eigenvalue weighted by Gasteiger charge is 2.20. The molecule has 1 N–H and O–H groups in total. The van der Waals surface area contributed by atoms with E-state index in [0.717, 1.165) is 43.7 Å². The molecule has 4 heteroatoms. The first kappa shape index (κ1) is 14.6. The highest BCUT2D eigenvalue weighted by Crippen LogP contribution is 2.18. The topological polar surface area (TPSA) is 45.2 Å². The van der Waals surface area contributed by atoms with Crippen molar-refractivity contribution in [1.29, 1.82) is 0 Å². The Morgan fingerprint density at radius 1 is 1.09 bits per heavy atom. The van der Waals surface area contributed by atoms with E-state index in [4.69, 9.17) is 0 Å². The molecule has 1 amide bonds. The number of aryl methyl sites for hydroxylation is 1. The molecular formula is C18H21N3O. The van der Waals surface area contributed by atoms with Gasteiger partial charge in [-0.1, -0.05) is 19.1 Å². The van der Waals surface area contributed by atoms with Gasteiger partial charge in [-0.25, -0.2) is 4.98 Å². The lowest BCUT2D eigenvalue weighted by molar-refractivity contribution is 0.0787. The van der Waals surface area contributed by atoms with Gasteiger partial charge in [-0.15, -0.1) is 0 Å². The van der Waals surface area contributed by atoms with Crippen LogP contribution in [0.4, 0.5) is 11.4 Å². The summed E-state index contributed by atoms with van der Waals surface area (Å²) in [6.07, 6.45) is 4.95. The first-order valence-corrected chi connectivity index (χ1v) is 7.87. The van der Waals surface area contributed by atoms with Crippen molar-refractivity contribution >= 4 is 17.3 Å². The third-order valence-electron chi connectivity index (χ3n) is 4.03. The third kappa shape index (κ3) is 3.27. The van der Waals surface area contributed by atoms with E-state index in [1.807, 2.05) is 11.0 Å². The van der Waals surface area contributed by atoms with Crippen molar-refractivity contribution in [2.24, 2.45) is 0 Å².